The van der Waals surface area contributed by atoms with Crippen LogP contribution in [0.15, 0.2) is 34.9 Å². The van der Waals surface area contributed by atoms with E-state index >= 15 is 0 Å². The lowest BCUT2D eigenvalue weighted by molar-refractivity contribution is 0.0911. The number of carbonyl (C=O) groups is 1. The van der Waals surface area contributed by atoms with Crippen molar-refractivity contribution < 1.29 is 18.7 Å². The molecule has 0 saturated carbocycles. The Morgan fingerprint density at radius 2 is 2.00 bits per heavy atom. The van der Waals surface area contributed by atoms with Gasteiger partial charge in [-0.15, -0.1) is 0 Å². The van der Waals surface area contributed by atoms with Crippen LogP contribution in [-0.2, 0) is 0 Å². The van der Waals surface area contributed by atoms with E-state index in [-0.39, 0.29) is 11.8 Å². The summed E-state index contributed by atoms with van der Waals surface area (Å²) < 4.78 is 15.6. The van der Waals surface area contributed by atoms with E-state index in [1.165, 1.54) is 6.20 Å². The average molecular weight is 276 g/mol. The summed E-state index contributed by atoms with van der Waals surface area (Å²) in [6.45, 7) is 2.46. The Labute approximate surface area is 116 Å². The second kappa shape index (κ2) is 6.60. The number of aryl methyl sites for hydroxylation is 1. The fraction of sp³-hybridized carbons (Fsp3) is 0.286. The second-order valence-electron chi connectivity index (χ2n) is 4.06. The Balaban J connectivity index is 1.72. The molecule has 0 atom stereocenters. The highest BCUT2D eigenvalue weighted by molar-refractivity contribution is 5.89. The maximum absolute atomic E-state index is 11.6. The van der Waals surface area contributed by atoms with Gasteiger partial charge in [0, 0.05) is 0 Å². The lowest BCUT2D eigenvalue weighted by Gasteiger charge is -2.07. The molecule has 0 spiro atoms. The van der Waals surface area contributed by atoms with Crippen molar-refractivity contribution >= 4 is 5.91 Å². The normalized spacial score (nSPS) is 10.1. The van der Waals surface area contributed by atoms with Gasteiger partial charge >= 0.3 is 5.91 Å². The third-order valence-corrected chi connectivity index (χ3v) is 2.53. The summed E-state index contributed by atoms with van der Waals surface area (Å²) in [6.07, 6.45) is 1.50. The zero-order valence-corrected chi connectivity index (χ0v) is 11.4. The number of ether oxygens (including phenoxy) is 2. The molecule has 2 aromatic rings. The Morgan fingerprint density at radius 3 is 2.60 bits per heavy atom. The standard InChI is InChI=1S/C14H16N2O4/c1-10-9-16-14(20-10)13(17)15-7-8-19-12-5-3-11(18-2)4-6-12/h3-6,9H,7-8H2,1-2H3,(H,15,17). The number of amides is 1. The smallest absolute Gasteiger partial charge is 0.307 e. The predicted molar refractivity (Wildman–Crippen MR) is 72.1 cm³/mol. The highest BCUT2D eigenvalue weighted by atomic mass is 16.5. The molecule has 1 aromatic heterocycles. The zero-order chi connectivity index (χ0) is 14.4. The molecule has 0 saturated heterocycles. The number of aromatic nitrogens is 1. The summed E-state index contributed by atoms with van der Waals surface area (Å²) in [5, 5.41) is 2.66. The molecule has 0 aliphatic heterocycles. The number of nitrogens with zero attached hydrogens (tertiary/aromatic N) is 1. The number of hydrogen-bond donors (Lipinski definition) is 1. The number of methoxy groups -OCH3 is 1. The molecular formula is C14H16N2O4. The molecule has 0 fully saturated rings. The van der Waals surface area contributed by atoms with Crippen molar-refractivity contribution in [3.8, 4) is 11.5 Å². The van der Waals surface area contributed by atoms with Crippen LogP contribution in [0.4, 0.5) is 0 Å². The van der Waals surface area contributed by atoms with E-state index in [0.29, 0.717) is 24.7 Å². The Morgan fingerprint density at radius 1 is 1.30 bits per heavy atom. The first-order valence-corrected chi connectivity index (χ1v) is 6.16. The van der Waals surface area contributed by atoms with Crippen molar-refractivity contribution in [2.75, 3.05) is 20.3 Å². The molecule has 1 heterocycles. The molecular weight excluding hydrogens is 260 g/mol. The molecule has 0 aliphatic rings. The summed E-state index contributed by atoms with van der Waals surface area (Å²) in [4.78, 5) is 15.5. The SMILES string of the molecule is COc1ccc(OCCNC(=O)c2ncc(C)o2)cc1. The largest absolute Gasteiger partial charge is 0.497 e. The minimum absolute atomic E-state index is 0.0620. The van der Waals surface area contributed by atoms with E-state index in [4.69, 9.17) is 13.9 Å². The monoisotopic (exact) mass is 276 g/mol. The Bertz CT molecular complexity index is 563. The number of oxazole rings is 1. The topological polar surface area (TPSA) is 73.6 Å². The van der Waals surface area contributed by atoms with Crippen LogP contribution in [0.2, 0.25) is 0 Å². The molecule has 0 bridgehead atoms. The van der Waals surface area contributed by atoms with Crippen LogP contribution in [0.5, 0.6) is 11.5 Å². The van der Waals surface area contributed by atoms with E-state index in [1.54, 1.807) is 26.2 Å². The minimum Gasteiger partial charge on any atom is -0.497 e. The third-order valence-electron chi connectivity index (χ3n) is 2.53. The van der Waals surface area contributed by atoms with E-state index < -0.39 is 0 Å². The van der Waals surface area contributed by atoms with Crippen LogP contribution >= 0.6 is 0 Å². The van der Waals surface area contributed by atoms with Gasteiger partial charge in [-0.2, -0.15) is 0 Å². The summed E-state index contributed by atoms with van der Waals surface area (Å²) >= 11 is 0. The number of carbonyl (C=O) groups excluding carboxylic acids is 1. The zero-order valence-electron chi connectivity index (χ0n) is 11.4. The molecule has 1 N–H and O–H groups in total. The summed E-state index contributed by atoms with van der Waals surface area (Å²) in [5.41, 5.74) is 0. The van der Waals surface area contributed by atoms with E-state index in [9.17, 15) is 4.79 Å². The van der Waals surface area contributed by atoms with Crippen molar-refractivity contribution in [3.05, 3.63) is 42.1 Å². The van der Waals surface area contributed by atoms with Crippen LogP contribution in [0.25, 0.3) is 0 Å². The summed E-state index contributed by atoms with van der Waals surface area (Å²) in [5.74, 6) is 1.80. The fourth-order valence-corrected chi connectivity index (χ4v) is 1.54. The highest BCUT2D eigenvalue weighted by Gasteiger charge is 2.10. The Kier molecular flexibility index (Phi) is 4.60. The van der Waals surface area contributed by atoms with E-state index in [1.807, 2.05) is 12.1 Å². The molecule has 1 aromatic carbocycles. The van der Waals surface area contributed by atoms with Gasteiger partial charge in [0.2, 0.25) is 0 Å². The molecule has 0 aliphatic carbocycles. The molecule has 6 heteroatoms. The van der Waals surface area contributed by atoms with Crippen LogP contribution in [0.1, 0.15) is 16.4 Å². The summed E-state index contributed by atoms with van der Waals surface area (Å²) in [7, 11) is 1.61. The minimum atomic E-state index is -0.351. The van der Waals surface area contributed by atoms with Crippen molar-refractivity contribution in [3.63, 3.8) is 0 Å². The maximum Gasteiger partial charge on any atom is 0.307 e. The fourth-order valence-electron chi connectivity index (χ4n) is 1.54. The molecule has 1 amide bonds. The van der Waals surface area contributed by atoms with Crippen LogP contribution < -0.4 is 14.8 Å². The summed E-state index contributed by atoms with van der Waals surface area (Å²) in [6, 6.07) is 7.23. The van der Waals surface area contributed by atoms with Gasteiger partial charge in [-0.1, -0.05) is 0 Å². The quantitative estimate of drug-likeness (QED) is 0.814. The first-order valence-electron chi connectivity index (χ1n) is 6.16. The van der Waals surface area contributed by atoms with Crippen LogP contribution in [0.3, 0.4) is 0 Å². The van der Waals surface area contributed by atoms with Crippen molar-refractivity contribution in [2.24, 2.45) is 0 Å². The number of benzene rings is 1. The van der Waals surface area contributed by atoms with E-state index in [2.05, 4.69) is 10.3 Å². The number of rotatable bonds is 6. The van der Waals surface area contributed by atoms with E-state index in [0.717, 1.165) is 5.75 Å². The molecule has 106 valence electrons. The van der Waals surface area contributed by atoms with Gasteiger partial charge in [0.1, 0.15) is 23.9 Å². The van der Waals surface area contributed by atoms with Gasteiger partial charge in [-0.3, -0.25) is 4.79 Å². The molecule has 20 heavy (non-hydrogen) atoms. The average Bonchev–Trinajstić information content (AvgIpc) is 2.91. The first kappa shape index (κ1) is 13.9. The lowest BCUT2D eigenvalue weighted by atomic mass is 10.3. The van der Waals surface area contributed by atoms with Crippen LogP contribution in [0, 0.1) is 6.92 Å². The van der Waals surface area contributed by atoms with Crippen molar-refractivity contribution in [1.29, 1.82) is 0 Å². The molecule has 6 nitrogen and oxygen atoms in total. The molecule has 0 radical (unpaired) electrons. The van der Waals surface area contributed by atoms with Gasteiger partial charge < -0.3 is 19.2 Å². The van der Waals surface area contributed by atoms with Gasteiger partial charge in [-0.25, -0.2) is 4.98 Å². The first-order chi connectivity index (χ1) is 9.69. The highest BCUT2D eigenvalue weighted by Crippen LogP contribution is 2.16. The van der Waals surface area contributed by atoms with Crippen molar-refractivity contribution in [2.45, 2.75) is 6.92 Å². The van der Waals surface area contributed by atoms with Crippen LogP contribution in [-0.4, -0.2) is 31.2 Å². The van der Waals surface area contributed by atoms with Gasteiger partial charge in [-0.05, 0) is 31.2 Å². The third kappa shape index (κ3) is 3.74. The predicted octanol–water partition coefficient (Wildman–Crippen LogP) is 1.80. The Hall–Kier alpha value is -2.50. The molecule has 0 unspecified atom stereocenters. The molecule has 2 rings (SSSR count). The van der Waals surface area contributed by atoms with Gasteiger partial charge in [0.05, 0.1) is 19.9 Å². The van der Waals surface area contributed by atoms with Crippen molar-refractivity contribution in [1.82, 2.24) is 10.3 Å². The maximum atomic E-state index is 11.6. The number of hydrogen-bond acceptors (Lipinski definition) is 5. The van der Waals surface area contributed by atoms with Gasteiger partial charge in [0.15, 0.2) is 0 Å². The number of nitrogens with one attached hydrogen (secondary N) is 1. The second-order valence-corrected chi connectivity index (χ2v) is 4.06. The lowest BCUT2D eigenvalue weighted by Crippen LogP contribution is -2.28. The van der Waals surface area contributed by atoms with Gasteiger partial charge in [0.25, 0.3) is 5.89 Å².